The van der Waals surface area contributed by atoms with Crippen molar-refractivity contribution in [2.75, 3.05) is 0 Å². The van der Waals surface area contributed by atoms with E-state index in [0.717, 1.165) is 21.9 Å². The number of nitriles is 1. The highest BCUT2D eigenvalue weighted by Crippen LogP contribution is 2.33. The van der Waals surface area contributed by atoms with Gasteiger partial charge in [-0.3, -0.25) is 4.40 Å². The van der Waals surface area contributed by atoms with Gasteiger partial charge in [-0.15, -0.1) is 11.3 Å². The molecule has 0 saturated heterocycles. The maximum atomic E-state index is 13.2. The van der Waals surface area contributed by atoms with E-state index in [0.29, 0.717) is 11.5 Å². The minimum atomic E-state index is -0.278. The van der Waals surface area contributed by atoms with Crippen LogP contribution in [0, 0.1) is 17.1 Å². The molecule has 4 rings (SSSR count). The smallest absolute Gasteiger partial charge is 0.195 e. The predicted octanol–water partition coefficient (Wildman–Crippen LogP) is 4.53. The fourth-order valence-corrected chi connectivity index (χ4v) is 3.50. The third kappa shape index (κ3) is 2.22. The molecule has 1 aromatic carbocycles. The summed E-state index contributed by atoms with van der Waals surface area (Å²) < 4.78 is 20.5. The largest absolute Gasteiger partial charge is 0.463 e. The van der Waals surface area contributed by atoms with Gasteiger partial charge in [0, 0.05) is 5.38 Å². The Morgan fingerprint density at radius 3 is 2.78 bits per heavy atom. The molecule has 0 unspecified atom stereocenters. The van der Waals surface area contributed by atoms with E-state index in [2.05, 4.69) is 11.1 Å². The Labute approximate surface area is 135 Å². The van der Waals surface area contributed by atoms with Crippen LogP contribution in [0.2, 0.25) is 0 Å². The zero-order chi connectivity index (χ0) is 15.8. The molecule has 0 aliphatic heterocycles. The molecule has 0 saturated carbocycles. The van der Waals surface area contributed by atoms with Gasteiger partial charge in [0.25, 0.3) is 0 Å². The van der Waals surface area contributed by atoms with E-state index in [-0.39, 0.29) is 12.2 Å². The number of halogens is 1. The third-order valence-corrected chi connectivity index (χ3v) is 4.43. The lowest BCUT2D eigenvalue weighted by molar-refractivity contribution is 0.580. The van der Waals surface area contributed by atoms with Crippen molar-refractivity contribution in [1.82, 2.24) is 9.38 Å². The average Bonchev–Trinajstić information content (AvgIpc) is 3.25. The molecule has 4 aromatic rings. The highest BCUT2D eigenvalue weighted by molar-refractivity contribution is 7.15. The van der Waals surface area contributed by atoms with Crippen molar-refractivity contribution < 1.29 is 8.81 Å². The Bertz CT molecular complexity index is 1010. The number of rotatable bonds is 3. The second kappa shape index (κ2) is 5.38. The quantitative estimate of drug-likeness (QED) is 0.556. The van der Waals surface area contributed by atoms with E-state index in [1.807, 2.05) is 15.8 Å². The van der Waals surface area contributed by atoms with Gasteiger partial charge in [-0.05, 0) is 42.0 Å². The van der Waals surface area contributed by atoms with Crippen molar-refractivity contribution in [2.45, 2.75) is 6.42 Å². The number of imidazole rings is 1. The first-order valence-electron chi connectivity index (χ1n) is 6.93. The zero-order valence-corrected chi connectivity index (χ0v) is 12.7. The molecule has 0 aliphatic rings. The van der Waals surface area contributed by atoms with Gasteiger partial charge in [0.15, 0.2) is 10.7 Å². The number of hydrogen-bond donors (Lipinski definition) is 0. The van der Waals surface area contributed by atoms with Crippen LogP contribution in [-0.2, 0) is 6.42 Å². The van der Waals surface area contributed by atoms with Gasteiger partial charge in [0.05, 0.1) is 30.1 Å². The van der Waals surface area contributed by atoms with Crippen LogP contribution >= 0.6 is 11.3 Å². The molecule has 0 aliphatic carbocycles. The van der Waals surface area contributed by atoms with Crippen LogP contribution in [0.25, 0.3) is 27.7 Å². The molecule has 0 amide bonds. The Morgan fingerprint density at radius 1 is 1.26 bits per heavy atom. The van der Waals surface area contributed by atoms with Crippen molar-refractivity contribution in [3.63, 3.8) is 0 Å². The Hall–Kier alpha value is -2.91. The normalized spacial score (nSPS) is 11.0. The Balaban J connectivity index is 1.97. The maximum absolute atomic E-state index is 13.2. The number of aromatic nitrogens is 2. The minimum Gasteiger partial charge on any atom is -0.463 e. The second-order valence-electron chi connectivity index (χ2n) is 4.97. The van der Waals surface area contributed by atoms with Gasteiger partial charge in [-0.25, -0.2) is 9.37 Å². The molecule has 0 N–H and O–H groups in total. The number of thiazole rings is 1. The van der Waals surface area contributed by atoms with Crippen LogP contribution in [0.4, 0.5) is 4.39 Å². The summed E-state index contributed by atoms with van der Waals surface area (Å²) >= 11 is 1.48. The van der Waals surface area contributed by atoms with Crippen LogP contribution in [-0.4, -0.2) is 9.38 Å². The van der Waals surface area contributed by atoms with Crippen LogP contribution < -0.4 is 0 Å². The van der Waals surface area contributed by atoms with E-state index in [4.69, 9.17) is 4.42 Å². The standard InChI is InChI=1S/C17H10FN3OS/c18-12-5-3-11(4-6-12)14-10-23-17-20-16(15-2-1-9-22-15)13(7-8-19)21(14)17/h1-6,9-10H,7H2. The summed E-state index contributed by atoms with van der Waals surface area (Å²) in [4.78, 5) is 5.38. The van der Waals surface area contributed by atoms with Crippen molar-refractivity contribution in [3.8, 4) is 28.8 Å². The van der Waals surface area contributed by atoms with E-state index >= 15 is 0 Å². The molecular weight excluding hydrogens is 313 g/mol. The van der Waals surface area contributed by atoms with Gasteiger partial charge in [-0.2, -0.15) is 5.26 Å². The molecule has 0 spiro atoms. The molecular formula is C17H10FN3OS. The lowest BCUT2D eigenvalue weighted by atomic mass is 10.1. The molecule has 23 heavy (non-hydrogen) atoms. The first kappa shape index (κ1) is 13.7. The lowest BCUT2D eigenvalue weighted by Gasteiger charge is -2.03. The summed E-state index contributed by atoms with van der Waals surface area (Å²) in [6.45, 7) is 0. The third-order valence-electron chi connectivity index (χ3n) is 3.60. The molecule has 112 valence electrons. The molecule has 0 radical (unpaired) electrons. The first-order chi connectivity index (χ1) is 11.3. The van der Waals surface area contributed by atoms with Gasteiger partial charge in [0.2, 0.25) is 0 Å². The topological polar surface area (TPSA) is 54.2 Å². The summed E-state index contributed by atoms with van der Waals surface area (Å²) in [5.74, 6) is 0.357. The second-order valence-corrected chi connectivity index (χ2v) is 5.80. The molecule has 0 bridgehead atoms. The number of fused-ring (bicyclic) bond motifs is 1. The fourth-order valence-electron chi connectivity index (χ4n) is 2.59. The highest BCUT2D eigenvalue weighted by atomic mass is 32.1. The average molecular weight is 323 g/mol. The van der Waals surface area contributed by atoms with Gasteiger partial charge >= 0.3 is 0 Å². The predicted molar refractivity (Wildman–Crippen MR) is 85.5 cm³/mol. The summed E-state index contributed by atoms with van der Waals surface area (Å²) in [5, 5.41) is 11.1. The number of nitrogens with zero attached hydrogens (tertiary/aromatic N) is 3. The van der Waals surface area contributed by atoms with Crippen molar-refractivity contribution >= 4 is 16.3 Å². The van der Waals surface area contributed by atoms with E-state index < -0.39 is 0 Å². The van der Waals surface area contributed by atoms with Crippen LogP contribution in [0.15, 0.2) is 52.5 Å². The van der Waals surface area contributed by atoms with Crippen LogP contribution in [0.3, 0.4) is 0 Å². The van der Waals surface area contributed by atoms with E-state index in [1.54, 1.807) is 24.5 Å². The van der Waals surface area contributed by atoms with E-state index in [1.165, 1.54) is 23.5 Å². The van der Waals surface area contributed by atoms with Crippen molar-refractivity contribution in [1.29, 1.82) is 5.26 Å². The van der Waals surface area contributed by atoms with Gasteiger partial charge in [0.1, 0.15) is 11.5 Å². The van der Waals surface area contributed by atoms with Gasteiger partial charge < -0.3 is 4.42 Å². The zero-order valence-electron chi connectivity index (χ0n) is 11.9. The SMILES string of the molecule is N#CCc1c(-c2ccco2)nc2scc(-c3ccc(F)cc3)n12. The number of furan rings is 1. The fraction of sp³-hybridized carbons (Fsp3) is 0.0588. The Kier molecular flexibility index (Phi) is 3.21. The van der Waals surface area contributed by atoms with Gasteiger partial charge in [-0.1, -0.05) is 0 Å². The molecule has 3 heterocycles. The molecule has 3 aromatic heterocycles. The summed E-state index contributed by atoms with van der Waals surface area (Å²) in [5.41, 5.74) is 3.21. The Morgan fingerprint density at radius 2 is 2.09 bits per heavy atom. The molecule has 4 nitrogen and oxygen atoms in total. The van der Waals surface area contributed by atoms with Crippen molar-refractivity contribution in [2.24, 2.45) is 0 Å². The summed E-state index contributed by atoms with van der Waals surface area (Å²) in [6.07, 6.45) is 1.79. The van der Waals surface area contributed by atoms with Crippen LogP contribution in [0.5, 0.6) is 0 Å². The minimum absolute atomic E-state index is 0.210. The van der Waals surface area contributed by atoms with E-state index in [9.17, 15) is 9.65 Å². The number of hydrogen-bond acceptors (Lipinski definition) is 4. The first-order valence-corrected chi connectivity index (χ1v) is 7.81. The monoisotopic (exact) mass is 323 g/mol. The molecule has 0 atom stereocenters. The summed E-state index contributed by atoms with van der Waals surface area (Å²) in [7, 11) is 0. The molecule has 6 heteroatoms. The maximum Gasteiger partial charge on any atom is 0.195 e. The highest BCUT2D eigenvalue weighted by Gasteiger charge is 2.20. The van der Waals surface area contributed by atoms with Crippen LogP contribution in [0.1, 0.15) is 5.69 Å². The summed E-state index contributed by atoms with van der Waals surface area (Å²) in [6, 6.07) is 12.1. The lowest BCUT2D eigenvalue weighted by Crippen LogP contribution is -1.94. The molecule has 0 fully saturated rings. The number of benzene rings is 1. The van der Waals surface area contributed by atoms with Crippen molar-refractivity contribution in [3.05, 3.63) is 59.6 Å².